The number of aldehydes is 1. The minimum Gasteiger partial charge on any atom is -0.480 e. The Morgan fingerprint density at radius 3 is 2.59 bits per heavy atom. The van der Waals surface area contributed by atoms with E-state index < -0.39 is 29.4 Å². The van der Waals surface area contributed by atoms with Gasteiger partial charge in [0.2, 0.25) is 0 Å². The van der Waals surface area contributed by atoms with Crippen LogP contribution >= 0.6 is 0 Å². The van der Waals surface area contributed by atoms with Gasteiger partial charge in [-0.15, -0.1) is 0 Å². The molecule has 0 saturated heterocycles. The quantitative estimate of drug-likeness (QED) is 0.759. The van der Waals surface area contributed by atoms with Crippen LogP contribution in [0.15, 0.2) is 48.7 Å². The molecule has 0 radical (unpaired) electrons. The van der Waals surface area contributed by atoms with Gasteiger partial charge >= 0.3 is 5.97 Å². The molecular weight excluding hydrogens is 346 g/mol. The Kier molecular flexibility index (Phi) is 4.94. The van der Waals surface area contributed by atoms with Crippen LogP contribution in [-0.2, 0) is 20.8 Å². The molecular formula is C20H21N3O4. The molecule has 1 aromatic carbocycles. The number of pyridine rings is 1. The number of anilines is 2. The minimum atomic E-state index is -1.08. The molecule has 1 aliphatic rings. The number of nitrogens with one attached hydrogen (secondary N) is 1. The van der Waals surface area contributed by atoms with Gasteiger partial charge in [0, 0.05) is 23.7 Å². The van der Waals surface area contributed by atoms with Gasteiger partial charge in [-0.25, -0.2) is 9.78 Å². The predicted octanol–water partition coefficient (Wildman–Crippen LogP) is 2.13. The molecule has 0 bridgehead atoms. The van der Waals surface area contributed by atoms with Crippen LogP contribution in [0.4, 0.5) is 11.5 Å². The minimum absolute atomic E-state index is 0.231. The highest BCUT2D eigenvalue weighted by molar-refractivity contribution is 6.06. The molecule has 0 unspecified atom stereocenters. The number of nitrogens with zero attached hydrogens (tertiary/aromatic N) is 2. The standard InChI is InChI=1S/C20H21N3O4/c1-20(2,12-24)17(22-16-9-5-6-10-21-16)18(25)23-14-8-4-3-7-13(14)11-15(23)19(26)27/h3-10,12,15,17H,11H2,1-2H3,(H,21,22)(H,26,27)/t15-,17+/m0/s1. The Morgan fingerprint density at radius 2 is 1.96 bits per heavy atom. The maximum absolute atomic E-state index is 13.4. The lowest BCUT2D eigenvalue weighted by Crippen LogP contribution is -2.55. The Hall–Kier alpha value is -3.22. The van der Waals surface area contributed by atoms with Crippen molar-refractivity contribution in [3.63, 3.8) is 0 Å². The van der Waals surface area contributed by atoms with Gasteiger partial charge in [-0.1, -0.05) is 38.1 Å². The average Bonchev–Trinajstić information content (AvgIpc) is 3.06. The monoisotopic (exact) mass is 367 g/mol. The second-order valence-corrected chi connectivity index (χ2v) is 7.13. The normalized spacial score (nSPS) is 17.1. The Morgan fingerprint density at radius 1 is 1.26 bits per heavy atom. The number of benzene rings is 1. The Balaban J connectivity index is 2.02. The molecule has 7 nitrogen and oxygen atoms in total. The molecule has 7 heteroatoms. The molecule has 0 saturated carbocycles. The number of carboxylic acid groups (broad SMARTS) is 1. The molecule has 0 fully saturated rings. The molecule has 2 heterocycles. The largest absolute Gasteiger partial charge is 0.480 e. The molecule has 2 aromatic rings. The number of hydrogen-bond acceptors (Lipinski definition) is 5. The van der Waals surface area contributed by atoms with Gasteiger partial charge in [-0.05, 0) is 23.8 Å². The first kappa shape index (κ1) is 18.6. The van der Waals surface area contributed by atoms with E-state index in [0.717, 1.165) is 5.56 Å². The second kappa shape index (κ2) is 7.19. The summed E-state index contributed by atoms with van der Waals surface area (Å²) in [6.07, 6.45) is 2.50. The number of amides is 1. The van der Waals surface area contributed by atoms with Crippen LogP contribution in [0.1, 0.15) is 19.4 Å². The second-order valence-electron chi connectivity index (χ2n) is 7.13. The molecule has 27 heavy (non-hydrogen) atoms. The first-order valence-corrected chi connectivity index (χ1v) is 8.63. The predicted molar refractivity (Wildman–Crippen MR) is 101 cm³/mol. The fourth-order valence-corrected chi connectivity index (χ4v) is 3.23. The van der Waals surface area contributed by atoms with Crippen molar-refractivity contribution < 1.29 is 19.5 Å². The lowest BCUT2D eigenvalue weighted by molar-refractivity contribution is -0.140. The zero-order valence-corrected chi connectivity index (χ0v) is 15.1. The number of hydrogen-bond donors (Lipinski definition) is 2. The van der Waals surface area contributed by atoms with Crippen molar-refractivity contribution in [3.05, 3.63) is 54.2 Å². The molecule has 2 atom stereocenters. The van der Waals surface area contributed by atoms with Crippen LogP contribution in [0.2, 0.25) is 0 Å². The summed E-state index contributed by atoms with van der Waals surface area (Å²) >= 11 is 0. The number of aromatic nitrogens is 1. The molecule has 140 valence electrons. The van der Waals surface area contributed by atoms with E-state index in [0.29, 0.717) is 17.8 Å². The fraction of sp³-hybridized carbons (Fsp3) is 0.300. The molecule has 1 aromatic heterocycles. The van der Waals surface area contributed by atoms with Crippen LogP contribution in [0, 0.1) is 5.41 Å². The van der Waals surface area contributed by atoms with Gasteiger partial charge in [0.05, 0.1) is 0 Å². The molecule has 1 aliphatic heterocycles. The topological polar surface area (TPSA) is 99.6 Å². The van der Waals surface area contributed by atoms with Crippen molar-refractivity contribution in [2.24, 2.45) is 5.41 Å². The summed E-state index contributed by atoms with van der Waals surface area (Å²) in [5.41, 5.74) is 0.276. The number of carbonyl (C=O) groups excluding carboxylic acids is 2. The van der Waals surface area contributed by atoms with E-state index >= 15 is 0 Å². The van der Waals surface area contributed by atoms with Gasteiger partial charge in [0.15, 0.2) is 0 Å². The highest BCUT2D eigenvalue weighted by atomic mass is 16.4. The third-order valence-electron chi connectivity index (χ3n) is 4.75. The van der Waals surface area contributed by atoms with Crippen LogP contribution in [0.25, 0.3) is 0 Å². The highest BCUT2D eigenvalue weighted by Gasteiger charge is 2.45. The van der Waals surface area contributed by atoms with Crippen molar-refractivity contribution in [1.82, 2.24) is 4.98 Å². The summed E-state index contributed by atoms with van der Waals surface area (Å²) in [4.78, 5) is 42.4. The summed E-state index contributed by atoms with van der Waals surface area (Å²) in [5, 5.41) is 12.7. The zero-order chi connectivity index (χ0) is 19.6. The summed E-state index contributed by atoms with van der Waals surface area (Å²) in [6, 6.07) is 10.3. The summed E-state index contributed by atoms with van der Waals surface area (Å²) < 4.78 is 0. The molecule has 0 aliphatic carbocycles. The third-order valence-corrected chi connectivity index (χ3v) is 4.75. The van der Waals surface area contributed by atoms with E-state index in [2.05, 4.69) is 10.3 Å². The van der Waals surface area contributed by atoms with E-state index in [1.807, 2.05) is 12.1 Å². The van der Waals surface area contributed by atoms with Gasteiger partial charge < -0.3 is 15.2 Å². The number of para-hydroxylation sites is 1. The maximum atomic E-state index is 13.4. The van der Waals surface area contributed by atoms with Crippen molar-refractivity contribution in [2.75, 3.05) is 10.2 Å². The van der Waals surface area contributed by atoms with Gasteiger partial charge in [-0.3, -0.25) is 9.69 Å². The van der Waals surface area contributed by atoms with Crippen LogP contribution in [0.3, 0.4) is 0 Å². The van der Waals surface area contributed by atoms with E-state index in [1.165, 1.54) is 4.90 Å². The van der Waals surface area contributed by atoms with E-state index in [4.69, 9.17) is 0 Å². The number of carboxylic acids is 1. The first-order valence-electron chi connectivity index (χ1n) is 8.63. The number of carbonyl (C=O) groups is 3. The zero-order valence-electron chi connectivity index (χ0n) is 15.1. The van der Waals surface area contributed by atoms with E-state index in [-0.39, 0.29) is 6.42 Å². The van der Waals surface area contributed by atoms with Gasteiger partial charge in [0.1, 0.15) is 24.2 Å². The molecule has 2 N–H and O–H groups in total. The van der Waals surface area contributed by atoms with E-state index in [9.17, 15) is 19.5 Å². The van der Waals surface area contributed by atoms with Crippen molar-refractivity contribution in [3.8, 4) is 0 Å². The molecule has 0 spiro atoms. The average molecular weight is 367 g/mol. The van der Waals surface area contributed by atoms with Crippen LogP contribution in [0.5, 0.6) is 0 Å². The van der Waals surface area contributed by atoms with Crippen molar-refractivity contribution in [1.29, 1.82) is 0 Å². The highest BCUT2D eigenvalue weighted by Crippen LogP contribution is 2.35. The van der Waals surface area contributed by atoms with Gasteiger partial charge in [-0.2, -0.15) is 0 Å². The number of aliphatic carboxylic acids is 1. The fourth-order valence-electron chi connectivity index (χ4n) is 3.23. The smallest absolute Gasteiger partial charge is 0.327 e. The number of fused-ring (bicyclic) bond motifs is 1. The summed E-state index contributed by atoms with van der Waals surface area (Å²) in [6.45, 7) is 3.27. The Labute approximate surface area is 157 Å². The number of rotatable bonds is 6. The lowest BCUT2D eigenvalue weighted by Gasteiger charge is -2.34. The van der Waals surface area contributed by atoms with Gasteiger partial charge in [0.25, 0.3) is 5.91 Å². The lowest BCUT2D eigenvalue weighted by atomic mass is 9.84. The Bertz CT molecular complexity index is 867. The molecule has 3 rings (SSSR count). The summed E-state index contributed by atoms with van der Waals surface area (Å²) in [7, 11) is 0. The molecule has 1 amide bonds. The van der Waals surface area contributed by atoms with Crippen molar-refractivity contribution >= 4 is 29.7 Å². The van der Waals surface area contributed by atoms with Crippen LogP contribution in [-0.4, -0.2) is 40.3 Å². The maximum Gasteiger partial charge on any atom is 0.327 e. The van der Waals surface area contributed by atoms with E-state index in [1.54, 1.807) is 50.4 Å². The summed E-state index contributed by atoms with van der Waals surface area (Å²) in [5.74, 6) is -1.12. The first-order chi connectivity index (χ1) is 12.8. The van der Waals surface area contributed by atoms with Crippen molar-refractivity contribution in [2.45, 2.75) is 32.4 Å². The van der Waals surface area contributed by atoms with Crippen LogP contribution < -0.4 is 10.2 Å². The SMILES string of the molecule is CC(C)(C=O)[C@H](Nc1ccccn1)C(=O)N1c2ccccc2C[C@H]1C(=O)O. The third kappa shape index (κ3) is 3.53.